The molecule has 22 heavy (non-hydrogen) atoms. The second kappa shape index (κ2) is 6.43. The van der Waals surface area contributed by atoms with Crippen molar-refractivity contribution in [2.75, 3.05) is 6.54 Å². The average Bonchev–Trinajstić information content (AvgIpc) is 2.47. The van der Waals surface area contributed by atoms with E-state index in [2.05, 4.69) is 5.32 Å². The molecule has 2 amide bonds. The van der Waals surface area contributed by atoms with Gasteiger partial charge in [0.15, 0.2) is 0 Å². The van der Waals surface area contributed by atoms with E-state index in [4.69, 9.17) is 10.2 Å². The molecular weight excluding hydrogens is 292 g/mol. The number of rotatable bonds is 5. The van der Waals surface area contributed by atoms with Crippen LogP contribution in [0.25, 0.3) is 0 Å². The van der Waals surface area contributed by atoms with Gasteiger partial charge in [0.05, 0.1) is 11.6 Å². The molecule has 1 atom stereocenters. The lowest BCUT2D eigenvalue weighted by Gasteiger charge is -2.46. The lowest BCUT2D eigenvalue weighted by molar-refractivity contribution is -0.163. The Balaban J connectivity index is 2.24. The summed E-state index contributed by atoms with van der Waals surface area (Å²) in [6.07, 6.45) is 3.54. The van der Waals surface area contributed by atoms with Gasteiger partial charge in [0.2, 0.25) is 11.8 Å². The van der Waals surface area contributed by atoms with Crippen LogP contribution < -0.4 is 5.32 Å². The number of imide groups is 1. The lowest BCUT2D eigenvalue weighted by Crippen LogP contribution is -2.71. The van der Waals surface area contributed by atoms with Crippen LogP contribution in [0.3, 0.4) is 0 Å². The quantitative estimate of drug-likeness (QED) is 0.609. The van der Waals surface area contributed by atoms with Gasteiger partial charge in [-0.25, -0.2) is 0 Å². The standard InChI is InChI=1S/C14H20N2O6/c17-10(18)5-4-9-12(21)16(8-11(19)20)13(22)14(15-9)6-2-1-3-7-14/h9,15H,1-8H2,(H,17,18)(H,19,20)/t9-/m0/s1. The van der Waals surface area contributed by atoms with Gasteiger partial charge in [-0.2, -0.15) is 0 Å². The molecule has 0 bridgehead atoms. The Morgan fingerprint density at radius 1 is 1.14 bits per heavy atom. The maximum atomic E-state index is 12.6. The Bertz CT molecular complexity index is 498. The Morgan fingerprint density at radius 2 is 1.77 bits per heavy atom. The van der Waals surface area contributed by atoms with Crippen molar-refractivity contribution in [3.8, 4) is 0 Å². The number of nitrogens with zero attached hydrogens (tertiary/aromatic N) is 1. The largest absolute Gasteiger partial charge is 0.481 e. The van der Waals surface area contributed by atoms with Crippen molar-refractivity contribution in [3.05, 3.63) is 0 Å². The van der Waals surface area contributed by atoms with Crippen LogP contribution in [-0.4, -0.2) is 57.0 Å². The molecular formula is C14H20N2O6. The second-order valence-electron chi connectivity index (χ2n) is 5.90. The first-order chi connectivity index (χ1) is 10.4. The Morgan fingerprint density at radius 3 is 2.32 bits per heavy atom. The molecule has 1 heterocycles. The molecule has 1 saturated carbocycles. The van der Waals surface area contributed by atoms with Crippen molar-refractivity contribution >= 4 is 23.8 Å². The van der Waals surface area contributed by atoms with Crippen molar-refractivity contribution in [2.45, 2.75) is 56.5 Å². The summed E-state index contributed by atoms with van der Waals surface area (Å²) < 4.78 is 0. The van der Waals surface area contributed by atoms with E-state index in [0.717, 1.165) is 24.2 Å². The van der Waals surface area contributed by atoms with Gasteiger partial charge in [-0.05, 0) is 19.3 Å². The predicted molar refractivity (Wildman–Crippen MR) is 74.0 cm³/mol. The molecule has 1 aliphatic carbocycles. The van der Waals surface area contributed by atoms with E-state index < -0.39 is 41.9 Å². The summed E-state index contributed by atoms with van der Waals surface area (Å²) in [5.74, 6) is -3.43. The molecule has 0 aromatic rings. The van der Waals surface area contributed by atoms with Gasteiger partial charge < -0.3 is 10.2 Å². The van der Waals surface area contributed by atoms with Crippen molar-refractivity contribution in [2.24, 2.45) is 0 Å². The zero-order valence-electron chi connectivity index (χ0n) is 12.2. The van der Waals surface area contributed by atoms with Crippen molar-refractivity contribution in [1.82, 2.24) is 10.2 Å². The number of hydrogen-bond acceptors (Lipinski definition) is 5. The van der Waals surface area contributed by atoms with Gasteiger partial charge in [0, 0.05) is 6.42 Å². The zero-order chi connectivity index (χ0) is 16.3. The van der Waals surface area contributed by atoms with E-state index in [9.17, 15) is 19.2 Å². The van der Waals surface area contributed by atoms with Crippen molar-refractivity contribution in [1.29, 1.82) is 0 Å². The number of carbonyl (C=O) groups excluding carboxylic acids is 2. The summed E-state index contributed by atoms with van der Waals surface area (Å²) in [6.45, 7) is -0.676. The monoisotopic (exact) mass is 312 g/mol. The highest BCUT2D eigenvalue weighted by atomic mass is 16.4. The van der Waals surface area contributed by atoms with Gasteiger partial charge in [-0.15, -0.1) is 0 Å². The number of carboxylic acids is 2. The molecule has 8 nitrogen and oxygen atoms in total. The number of carbonyl (C=O) groups is 4. The van der Waals surface area contributed by atoms with E-state index in [1.807, 2.05) is 0 Å². The summed E-state index contributed by atoms with van der Waals surface area (Å²) >= 11 is 0. The van der Waals surface area contributed by atoms with Crippen LogP contribution in [-0.2, 0) is 19.2 Å². The number of nitrogens with one attached hydrogen (secondary N) is 1. The minimum atomic E-state index is -1.26. The Kier molecular flexibility index (Phi) is 4.80. The molecule has 2 fully saturated rings. The first kappa shape index (κ1) is 16.4. The first-order valence-electron chi connectivity index (χ1n) is 7.43. The SMILES string of the molecule is O=C(O)CC[C@@H]1NC2(CCCCC2)C(=O)N(CC(=O)O)C1=O. The molecule has 0 radical (unpaired) electrons. The van der Waals surface area contributed by atoms with Gasteiger partial charge in [0.25, 0.3) is 0 Å². The van der Waals surface area contributed by atoms with E-state index in [1.54, 1.807) is 0 Å². The van der Waals surface area contributed by atoms with E-state index in [0.29, 0.717) is 12.8 Å². The number of aliphatic carboxylic acids is 2. The predicted octanol–water partition coefficient (Wildman–Crippen LogP) is -0.0343. The molecule has 1 spiro atoms. The molecule has 1 aliphatic heterocycles. The molecule has 0 unspecified atom stereocenters. The molecule has 0 aromatic heterocycles. The number of carboxylic acid groups (broad SMARTS) is 2. The molecule has 8 heteroatoms. The zero-order valence-corrected chi connectivity index (χ0v) is 12.2. The van der Waals surface area contributed by atoms with Crippen LogP contribution >= 0.6 is 0 Å². The fourth-order valence-corrected chi connectivity index (χ4v) is 3.27. The third-order valence-electron chi connectivity index (χ3n) is 4.32. The van der Waals surface area contributed by atoms with Crippen LogP contribution in [0.15, 0.2) is 0 Å². The minimum Gasteiger partial charge on any atom is -0.481 e. The molecule has 2 rings (SSSR count). The summed E-state index contributed by atoms with van der Waals surface area (Å²) in [6, 6.07) is -0.828. The van der Waals surface area contributed by atoms with Gasteiger partial charge in [0.1, 0.15) is 6.54 Å². The highest BCUT2D eigenvalue weighted by Gasteiger charge is 2.51. The average molecular weight is 312 g/mol. The fourth-order valence-electron chi connectivity index (χ4n) is 3.27. The van der Waals surface area contributed by atoms with Crippen LogP contribution in [0.4, 0.5) is 0 Å². The van der Waals surface area contributed by atoms with Gasteiger partial charge >= 0.3 is 11.9 Å². The van der Waals surface area contributed by atoms with Gasteiger partial charge in [-0.1, -0.05) is 19.3 Å². The summed E-state index contributed by atoms with van der Waals surface area (Å²) in [5, 5.41) is 20.7. The highest BCUT2D eigenvalue weighted by molar-refractivity contribution is 6.06. The van der Waals surface area contributed by atoms with Gasteiger partial charge in [-0.3, -0.25) is 29.4 Å². The van der Waals surface area contributed by atoms with E-state index >= 15 is 0 Å². The molecule has 1 saturated heterocycles. The number of hydrogen-bond donors (Lipinski definition) is 3. The number of amides is 2. The van der Waals surface area contributed by atoms with Crippen molar-refractivity contribution in [3.63, 3.8) is 0 Å². The fraction of sp³-hybridized carbons (Fsp3) is 0.714. The van der Waals surface area contributed by atoms with Crippen LogP contribution in [0.2, 0.25) is 0 Å². The molecule has 0 aromatic carbocycles. The molecule has 122 valence electrons. The summed E-state index contributed by atoms with van der Waals surface area (Å²) in [7, 11) is 0. The normalized spacial score (nSPS) is 24.5. The van der Waals surface area contributed by atoms with E-state index in [-0.39, 0.29) is 12.8 Å². The Hall–Kier alpha value is -1.96. The third kappa shape index (κ3) is 3.27. The maximum Gasteiger partial charge on any atom is 0.323 e. The van der Waals surface area contributed by atoms with Crippen molar-refractivity contribution < 1.29 is 29.4 Å². The highest BCUT2D eigenvalue weighted by Crippen LogP contribution is 2.33. The van der Waals surface area contributed by atoms with E-state index in [1.165, 1.54) is 0 Å². The summed E-state index contributed by atoms with van der Waals surface area (Å²) in [5.41, 5.74) is -0.926. The second-order valence-corrected chi connectivity index (χ2v) is 5.90. The topological polar surface area (TPSA) is 124 Å². The minimum absolute atomic E-state index is 0.0410. The maximum absolute atomic E-state index is 12.6. The Labute approximate surface area is 127 Å². The lowest BCUT2D eigenvalue weighted by atomic mass is 9.78. The first-order valence-corrected chi connectivity index (χ1v) is 7.43. The molecule has 3 N–H and O–H groups in total. The van der Waals surface area contributed by atoms with Crippen LogP contribution in [0, 0.1) is 0 Å². The summed E-state index contributed by atoms with van der Waals surface area (Å²) in [4.78, 5) is 47.3. The van der Waals surface area contributed by atoms with Crippen LogP contribution in [0.1, 0.15) is 44.9 Å². The number of piperazine rings is 1. The molecule has 2 aliphatic rings. The smallest absolute Gasteiger partial charge is 0.323 e. The third-order valence-corrected chi connectivity index (χ3v) is 4.32. The van der Waals surface area contributed by atoms with Crippen LogP contribution in [0.5, 0.6) is 0 Å².